The molecule has 0 aliphatic rings. The number of para-hydroxylation sites is 2. The van der Waals surface area contributed by atoms with Crippen LogP contribution in [0.15, 0.2) is 44.9 Å². The number of ether oxygens (including phenoxy) is 1. The van der Waals surface area contributed by atoms with Gasteiger partial charge in [-0.3, -0.25) is 9.36 Å². The van der Waals surface area contributed by atoms with Crippen LogP contribution in [0.1, 0.15) is 9.67 Å². The average Bonchev–Trinajstić information content (AvgIpc) is 3.12. The van der Waals surface area contributed by atoms with Crippen LogP contribution in [-0.2, 0) is 16.1 Å². The molecule has 1 amide bonds. The van der Waals surface area contributed by atoms with Gasteiger partial charge in [0.1, 0.15) is 11.4 Å². The molecule has 118 valence electrons. The van der Waals surface area contributed by atoms with Gasteiger partial charge in [-0.25, -0.2) is 9.59 Å². The summed E-state index contributed by atoms with van der Waals surface area (Å²) in [7, 11) is 1.27. The third kappa shape index (κ3) is 2.88. The summed E-state index contributed by atoms with van der Waals surface area (Å²) in [5, 5.41) is 4.27. The molecule has 2 aromatic heterocycles. The molecule has 0 aliphatic heterocycles. The number of rotatable bonds is 4. The van der Waals surface area contributed by atoms with E-state index in [1.807, 2.05) is 0 Å². The van der Waals surface area contributed by atoms with Gasteiger partial charge in [0.15, 0.2) is 5.58 Å². The van der Waals surface area contributed by atoms with Gasteiger partial charge in [0.2, 0.25) is 5.91 Å². The zero-order valence-electron chi connectivity index (χ0n) is 12.1. The number of thiophene rings is 1. The van der Waals surface area contributed by atoms with Crippen molar-refractivity contribution in [1.29, 1.82) is 0 Å². The molecule has 1 N–H and O–H groups in total. The third-order valence-corrected chi connectivity index (χ3v) is 4.08. The maximum atomic E-state index is 12.2. The fourth-order valence-electron chi connectivity index (χ4n) is 2.16. The quantitative estimate of drug-likeness (QED) is 0.739. The van der Waals surface area contributed by atoms with Crippen molar-refractivity contribution >= 4 is 40.0 Å². The topological polar surface area (TPSA) is 90.5 Å². The zero-order valence-corrected chi connectivity index (χ0v) is 12.9. The van der Waals surface area contributed by atoms with E-state index in [4.69, 9.17) is 4.42 Å². The molecule has 0 saturated carbocycles. The molecular formula is C15H12N2O5S. The van der Waals surface area contributed by atoms with E-state index in [1.165, 1.54) is 11.7 Å². The number of esters is 1. The lowest BCUT2D eigenvalue weighted by atomic mass is 10.3. The first-order valence-electron chi connectivity index (χ1n) is 6.64. The van der Waals surface area contributed by atoms with Crippen LogP contribution in [0.5, 0.6) is 0 Å². The van der Waals surface area contributed by atoms with E-state index < -0.39 is 17.6 Å². The number of benzene rings is 1. The fraction of sp³-hybridized carbons (Fsp3) is 0.133. The SMILES string of the molecule is COC(=O)c1sccc1NC(=O)Cn1c(=O)oc2ccccc21. The standard InChI is InChI=1S/C15H12N2O5S/c1-21-14(19)13-9(6-7-23-13)16-12(18)8-17-10-4-2-3-5-11(10)22-15(17)20/h2-7H,8H2,1H3,(H,16,18). The Kier molecular flexibility index (Phi) is 3.98. The van der Waals surface area contributed by atoms with Gasteiger partial charge >= 0.3 is 11.7 Å². The van der Waals surface area contributed by atoms with Gasteiger partial charge in [-0.2, -0.15) is 0 Å². The van der Waals surface area contributed by atoms with Crippen molar-refractivity contribution in [2.24, 2.45) is 0 Å². The summed E-state index contributed by atoms with van der Waals surface area (Å²) in [4.78, 5) is 35.9. The van der Waals surface area contributed by atoms with Gasteiger partial charge in [-0.15, -0.1) is 11.3 Å². The van der Waals surface area contributed by atoms with Crippen LogP contribution in [-0.4, -0.2) is 23.6 Å². The highest BCUT2D eigenvalue weighted by atomic mass is 32.1. The van der Waals surface area contributed by atoms with Crippen molar-refractivity contribution in [3.05, 3.63) is 51.1 Å². The summed E-state index contributed by atoms with van der Waals surface area (Å²) in [6, 6.07) is 8.44. The number of nitrogens with zero attached hydrogens (tertiary/aromatic N) is 1. The van der Waals surface area contributed by atoms with Crippen molar-refractivity contribution in [2.45, 2.75) is 6.54 Å². The van der Waals surface area contributed by atoms with E-state index in [9.17, 15) is 14.4 Å². The van der Waals surface area contributed by atoms with Crippen molar-refractivity contribution in [3.8, 4) is 0 Å². The fourth-order valence-corrected chi connectivity index (χ4v) is 2.92. The van der Waals surface area contributed by atoms with Crippen LogP contribution >= 0.6 is 11.3 Å². The smallest absolute Gasteiger partial charge is 0.420 e. The molecule has 7 nitrogen and oxygen atoms in total. The zero-order chi connectivity index (χ0) is 16.4. The van der Waals surface area contributed by atoms with E-state index in [0.717, 1.165) is 11.3 Å². The lowest BCUT2D eigenvalue weighted by Gasteiger charge is -2.06. The Morgan fingerprint density at radius 1 is 1.30 bits per heavy atom. The van der Waals surface area contributed by atoms with Crippen molar-refractivity contribution < 1.29 is 18.7 Å². The summed E-state index contributed by atoms with van der Waals surface area (Å²) < 4.78 is 11.0. The number of aromatic nitrogens is 1. The number of methoxy groups -OCH3 is 1. The summed E-state index contributed by atoms with van der Waals surface area (Å²) in [6.45, 7) is -0.216. The molecule has 0 bridgehead atoms. The minimum absolute atomic E-state index is 0.216. The van der Waals surface area contributed by atoms with Gasteiger partial charge in [0.05, 0.1) is 18.3 Å². The second-order valence-electron chi connectivity index (χ2n) is 4.62. The molecule has 0 fully saturated rings. The van der Waals surface area contributed by atoms with E-state index >= 15 is 0 Å². The second kappa shape index (κ2) is 6.09. The molecule has 8 heteroatoms. The summed E-state index contributed by atoms with van der Waals surface area (Å²) in [5.74, 6) is -1.58. The van der Waals surface area contributed by atoms with E-state index in [0.29, 0.717) is 21.7 Å². The number of carbonyl (C=O) groups is 2. The maximum absolute atomic E-state index is 12.2. The predicted octanol–water partition coefficient (Wildman–Crippen LogP) is 2.08. The van der Waals surface area contributed by atoms with Crippen LogP contribution in [0.2, 0.25) is 0 Å². The van der Waals surface area contributed by atoms with Crippen molar-refractivity contribution in [2.75, 3.05) is 12.4 Å². The van der Waals surface area contributed by atoms with Crippen molar-refractivity contribution in [3.63, 3.8) is 0 Å². The Bertz CT molecular complexity index is 937. The molecule has 3 aromatic rings. The minimum Gasteiger partial charge on any atom is -0.465 e. The molecular weight excluding hydrogens is 320 g/mol. The number of amides is 1. The number of carbonyl (C=O) groups excluding carboxylic acids is 2. The first kappa shape index (κ1) is 15.0. The van der Waals surface area contributed by atoms with Gasteiger partial charge in [-0.1, -0.05) is 12.1 Å². The number of hydrogen-bond acceptors (Lipinski definition) is 6. The van der Waals surface area contributed by atoms with E-state index in [1.54, 1.807) is 35.7 Å². The Hall–Kier alpha value is -2.87. The summed E-state index contributed by atoms with van der Waals surface area (Å²) in [5.41, 5.74) is 1.30. The molecule has 0 aliphatic carbocycles. The Morgan fingerprint density at radius 2 is 2.09 bits per heavy atom. The number of hydrogen-bond donors (Lipinski definition) is 1. The van der Waals surface area contributed by atoms with Gasteiger partial charge in [0.25, 0.3) is 0 Å². The van der Waals surface area contributed by atoms with Crippen LogP contribution in [0.25, 0.3) is 11.1 Å². The number of anilines is 1. The van der Waals surface area contributed by atoms with Crippen LogP contribution < -0.4 is 11.1 Å². The molecule has 3 rings (SSSR count). The lowest BCUT2D eigenvalue weighted by molar-refractivity contribution is -0.116. The lowest BCUT2D eigenvalue weighted by Crippen LogP contribution is -2.25. The van der Waals surface area contributed by atoms with Gasteiger partial charge < -0.3 is 14.5 Å². The number of fused-ring (bicyclic) bond motifs is 1. The number of oxazole rings is 1. The molecule has 0 radical (unpaired) electrons. The predicted molar refractivity (Wildman–Crippen MR) is 84.8 cm³/mol. The normalized spacial score (nSPS) is 10.7. The Labute approximate surface area is 134 Å². The molecule has 1 aromatic carbocycles. The first-order chi connectivity index (χ1) is 11.1. The van der Waals surface area contributed by atoms with Crippen LogP contribution in [0.3, 0.4) is 0 Å². The molecule has 0 saturated heterocycles. The molecule has 23 heavy (non-hydrogen) atoms. The Balaban J connectivity index is 1.82. The Morgan fingerprint density at radius 3 is 2.87 bits per heavy atom. The summed E-state index contributed by atoms with van der Waals surface area (Å²) in [6.07, 6.45) is 0. The van der Waals surface area contributed by atoms with Gasteiger partial charge in [-0.05, 0) is 23.6 Å². The molecule has 2 heterocycles. The second-order valence-corrected chi connectivity index (χ2v) is 5.54. The average molecular weight is 332 g/mol. The first-order valence-corrected chi connectivity index (χ1v) is 7.52. The van der Waals surface area contributed by atoms with E-state index in [-0.39, 0.29) is 6.54 Å². The van der Waals surface area contributed by atoms with Crippen LogP contribution in [0.4, 0.5) is 5.69 Å². The molecule has 0 spiro atoms. The van der Waals surface area contributed by atoms with Crippen LogP contribution in [0, 0.1) is 0 Å². The summed E-state index contributed by atoms with van der Waals surface area (Å²) >= 11 is 1.16. The van der Waals surface area contributed by atoms with Crippen molar-refractivity contribution in [1.82, 2.24) is 4.57 Å². The minimum atomic E-state index is -0.611. The van der Waals surface area contributed by atoms with E-state index in [2.05, 4.69) is 10.1 Å². The highest BCUT2D eigenvalue weighted by molar-refractivity contribution is 7.12. The molecule has 0 unspecified atom stereocenters. The maximum Gasteiger partial charge on any atom is 0.420 e. The largest absolute Gasteiger partial charge is 0.465 e. The highest BCUT2D eigenvalue weighted by Crippen LogP contribution is 2.23. The van der Waals surface area contributed by atoms with Gasteiger partial charge in [0, 0.05) is 0 Å². The molecule has 0 atom stereocenters. The number of nitrogens with one attached hydrogen (secondary N) is 1. The highest BCUT2D eigenvalue weighted by Gasteiger charge is 2.17. The third-order valence-electron chi connectivity index (χ3n) is 3.19. The monoisotopic (exact) mass is 332 g/mol.